The molecule has 1 fully saturated rings. The number of halogens is 1. The molecule has 31 heavy (non-hydrogen) atoms. The number of esters is 1. The Bertz CT molecular complexity index is 975. The summed E-state index contributed by atoms with van der Waals surface area (Å²) in [4.78, 5) is 44.5. The van der Waals surface area contributed by atoms with Crippen LogP contribution >= 0.6 is 11.6 Å². The molecule has 1 atom stereocenters. The fourth-order valence-corrected chi connectivity index (χ4v) is 4.32. The van der Waals surface area contributed by atoms with E-state index in [0.717, 1.165) is 5.56 Å². The van der Waals surface area contributed by atoms with E-state index >= 15 is 0 Å². The summed E-state index contributed by atoms with van der Waals surface area (Å²) in [5.74, 6) is -0.506. The summed E-state index contributed by atoms with van der Waals surface area (Å²) in [7, 11) is 0. The predicted octanol–water partition coefficient (Wildman–Crippen LogP) is 3.55. The molecule has 1 aliphatic heterocycles. The number of rotatable bonds is 6. The minimum atomic E-state index is -0.548. The van der Waals surface area contributed by atoms with E-state index < -0.39 is 6.04 Å². The summed E-state index contributed by atoms with van der Waals surface area (Å²) in [5, 5.41) is 0.600. The van der Waals surface area contributed by atoms with Crippen molar-refractivity contribution in [3.63, 3.8) is 0 Å². The summed E-state index contributed by atoms with van der Waals surface area (Å²) in [6.07, 6.45) is 0. The zero-order valence-corrected chi connectivity index (χ0v) is 19.1. The quantitative estimate of drug-likeness (QED) is 0.543. The van der Waals surface area contributed by atoms with Crippen LogP contribution in [0.5, 0.6) is 0 Å². The van der Waals surface area contributed by atoms with E-state index in [0.29, 0.717) is 60.3 Å². The molecule has 7 nitrogen and oxygen atoms in total. The van der Waals surface area contributed by atoms with Gasteiger partial charge in [-0.25, -0.2) is 4.79 Å². The molecule has 3 rings (SSSR count). The van der Waals surface area contributed by atoms with Gasteiger partial charge in [0.2, 0.25) is 0 Å². The topological polar surface area (TPSA) is 82.7 Å². The van der Waals surface area contributed by atoms with Crippen LogP contribution in [0.1, 0.15) is 57.6 Å². The van der Waals surface area contributed by atoms with Crippen molar-refractivity contribution in [3.8, 4) is 0 Å². The normalized spacial score (nSPS) is 15.6. The van der Waals surface area contributed by atoms with Gasteiger partial charge in [0, 0.05) is 42.5 Å². The highest BCUT2D eigenvalue weighted by atomic mass is 35.5. The minimum absolute atomic E-state index is 0.0598. The molecular weight excluding hydrogens is 418 g/mol. The van der Waals surface area contributed by atoms with Gasteiger partial charge in [-0.3, -0.25) is 14.5 Å². The number of nitrogens with one attached hydrogen (secondary N) is 1. The predicted molar refractivity (Wildman–Crippen MR) is 119 cm³/mol. The zero-order chi connectivity index (χ0) is 22.7. The lowest BCUT2D eigenvalue weighted by atomic mass is 10.0. The molecule has 2 aromatic rings. The first-order valence-electron chi connectivity index (χ1n) is 10.4. The van der Waals surface area contributed by atoms with Crippen LogP contribution in [0.3, 0.4) is 0 Å². The van der Waals surface area contributed by atoms with Crippen molar-refractivity contribution in [3.05, 3.63) is 57.4 Å². The number of H-pyrrole nitrogens is 1. The second kappa shape index (κ2) is 9.66. The number of carbonyl (C=O) groups excluding carboxylic acids is 3. The average Bonchev–Trinajstić information content (AvgIpc) is 3.04. The fourth-order valence-electron chi connectivity index (χ4n) is 4.20. The molecule has 1 saturated heterocycles. The Hall–Kier alpha value is -2.64. The Kier molecular flexibility index (Phi) is 7.18. The van der Waals surface area contributed by atoms with E-state index in [1.165, 1.54) is 6.92 Å². The lowest BCUT2D eigenvalue weighted by Gasteiger charge is -2.38. The number of carbonyl (C=O) groups is 3. The molecule has 0 bridgehead atoms. The van der Waals surface area contributed by atoms with Crippen LogP contribution in [-0.4, -0.2) is 65.2 Å². The number of benzene rings is 1. The van der Waals surface area contributed by atoms with Crippen LogP contribution in [0.2, 0.25) is 5.02 Å². The van der Waals surface area contributed by atoms with Gasteiger partial charge in [-0.2, -0.15) is 0 Å². The van der Waals surface area contributed by atoms with Gasteiger partial charge in [0.05, 0.1) is 6.61 Å². The van der Waals surface area contributed by atoms with E-state index in [9.17, 15) is 14.4 Å². The molecule has 1 aliphatic rings. The molecule has 166 valence electrons. The molecular formula is C23H28ClN3O4. The summed E-state index contributed by atoms with van der Waals surface area (Å²) in [5.41, 5.74) is 3.23. The van der Waals surface area contributed by atoms with Crippen molar-refractivity contribution in [1.29, 1.82) is 0 Å². The molecule has 0 unspecified atom stereocenters. The first kappa shape index (κ1) is 23.0. The summed E-state index contributed by atoms with van der Waals surface area (Å²) >= 11 is 6.00. The van der Waals surface area contributed by atoms with Gasteiger partial charge < -0.3 is 14.6 Å². The largest absolute Gasteiger partial charge is 0.465 e. The number of aromatic nitrogens is 1. The summed E-state index contributed by atoms with van der Waals surface area (Å²) < 4.78 is 5.31. The molecule has 8 heteroatoms. The van der Waals surface area contributed by atoms with Crippen molar-refractivity contribution in [1.82, 2.24) is 14.8 Å². The third-order valence-electron chi connectivity index (χ3n) is 5.67. The van der Waals surface area contributed by atoms with Gasteiger partial charge in [-0.1, -0.05) is 23.7 Å². The number of hydrogen-bond donors (Lipinski definition) is 1. The van der Waals surface area contributed by atoms with Crippen LogP contribution < -0.4 is 0 Å². The van der Waals surface area contributed by atoms with Crippen LogP contribution in [0.25, 0.3) is 0 Å². The van der Waals surface area contributed by atoms with E-state index in [1.54, 1.807) is 37.8 Å². The zero-order valence-electron chi connectivity index (χ0n) is 18.3. The van der Waals surface area contributed by atoms with Crippen LogP contribution in [-0.2, 0) is 9.53 Å². The average molecular weight is 446 g/mol. The van der Waals surface area contributed by atoms with E-state index in [-0.39, 0.29) is 17.7 Å². The summed E-state index contributed by atoms with van der Waals surface area (Å²) in [6, 6.07) is 6.62. The fraction of sp³-hybridized carbons (Fsp3) is 0.435. The maximum absolute atomic E-state index is 13.1. The lowest BCUT2D eigenvalue weighted by molar-refractivity contribution is -0.150. The Labute approximate surface area is 187 Å². The van der Waals surface area contributed by atoms with Gasteiger partial charge in [0.25, 0.3) is 5.91 Å². The molecule has 1 N–H and O–H groups in total. The van der Waals surface area contributed by atoms with Crippen molar-refractivity contribution in [2.24, 2.45) is 0 Å². The summed E-state index contributed by atoms with van der Waals surface area (Å²) in [6.45, 7) is 9.16. The lowest BCUT2D eigenvalue weighted by Crippen LogP contribution is -2.51. The molecule has 1 amide bonds. The molecule has 0 saturated carbocycles. The second-order valence-electron chi connectivity index (χ2n) is 7.72. The first-order chi connectivity index (χ1) is 14.7. The number of hydrogen-bond acceptors (Lipinski definition) is 5. The SMILES string of the molecule is CCOC(=O)[C@H](c1ccc(Cl)cc1)N1CCN(C(=O)c2[nH]c(C)c(C(C)=O)c2C)CC1. The van der Waals surface area contributed by atoms with Crippen LogP contribution in [0.15, 0.2) is 24.3 Å². The Morgan fingerprint density at radius 3 is 2.23 bits per heavy atom. The molecule has 0 radical (unpaired) electrons. The number of nitrogens with zero attached hydrogens (tertiary/aromatic N) is 2. The smallest absolute Gasteiger partial charge is 0.328 e. The Balaban J connectivity index is 1.75. The van der Waals surface area contributed by atoms with Crippen molar-refractivity contribution < 1.29 is 19.1 Å². The molecule has 0 spiro atoms. The number of aromatic amines is 1. The number of ether oxygens (including phenoxy) is 1. The Morgan fingerprint density at radius 1 is 1.10 bits per heavy atom. The number of ketones is 1. The molecule has 1 aromatic carbocycles. The van der Waals surface area contributed by atoms with E-state index in [2.05, 4.69) is 4.98 Å². The molecule has 2 heterocycles. The standard InChI is InChI=1S/C23H28ClN3O4/c1-5-31-23(30)21(17-6-8-18(24)9-7-17)26-10-12-27(13-11-26)22(29)20-14(2)19(16(4)28)15(3)25-20/h6-9,21,25H,5,10-13H2,1-4H3/t21-/m0/s1. The van der Waals surface area contributed by atoms with Gasteiger partial charge in [-0.15, -0.1) is 0 Å². The van der Waals surface area contributed by atoms with Gasteiger partial charge in [-0.05, 0) is 51.0 Å². The van der Waals surface area contributed by atoms with Gasteiger partial charge >= 0.3 is 5.97 Å². The van der Waals surface area contributed by atoms with Crippen molar-refractivity contribution in [2.75, 3.05) is 32.8 Å². The third kappa shape index (κ3) is 4.83. The maximum Gasteiger partial charge on any atom is 0.328 e. The highest BCUT2D eigenvalue weighted by Crippen LogP contribution is 2.26. The maximum atomic E-state index is 13.1. The Morgan fingerprint density at radius 2 is 1.71 bits per heavy atom. The van der Waals surface area contributed by atoms with Crippen LogP contribution in [0, 0.1) is 13.8 Å². The van der Waals surface area contributed by atoms with Crippen molar-refractivity contribution in [2.45, 2.75) is 33.7 Å². The third-order valence-corrected chi connectivity index (χ3v) is 5.92. The number of piperazine rings is 1. The highest BCUT2D eigenvalue weighted by molar-refractivity contribution is 6.30. The van der Waals surface area contributed by atoms with Crippen LogP contribution in [0.4, 0.5) is 0 Å². The number of amides is 1. The van der Waals surface area contributed by atoms with E-state index in [4.69, 9.17) is 16.3 Å². The van der Waals surface area contributed by atoms with Gasteiger partial charge in [0.15, 0.2) is 5.78 Å². The van der Waals surface area contributed by atoms with E-state index in [1.807, 2.05) is 17.0 Å². The molecule has 0 aliphatic carbocycles. The molecule has 1 aromatic heterocycles. The first-order valence-corrected chi connectivity index (χ1v) is 10.8. The number of Topliss-reactive ketones (excluding diaryl/α,β-unsaturated/α-hetero) is 1. The van der Waals surface area contributed by atoms with Gasteiger partial charge in [0.1, 0.15) is 11.7 Å². The minimum Gasteiger partial charge on any atom is -0.465 e. The highest BCUT2D eigenvalue weighted by Gasteiger charge is 2.33. The monoisotopic (exact) mass is 445 g/mol. The van der Waals surface area contributed by atoms with Crippen molar-refractivity contribution >= 4 is 29.3 Å². The second-order valence-corrected chi connectivity index (χ2v) is 8.15. The number of aryl methyl sites for hydroxylation is 1.